The molecule has 0 N–H and O–H groups in total. The van der Waals surface area contributed by atoms with Gasteiger partial charge in [0.1, 0.15) is 0 Å². The van der Waals surface area contributed by atoms with Crippen LogP contribution in [-0.2, 0) is 9.59 Å². The number of nitrogens with zero attached hydrogens (tertiary/aromatic N) is 1. The summed E-state index contributed by atoms with van der Waals surface area (Å²) in [7, 11) is 0. The van der Waals surface area contributed by atoms with Crippen LogP contribution in [0, 0.1) is 0 Å². The molecule has 12 heavy (non-hydrogen) atoms. The largest absolute Gasteiger partial charge is 0.343 e. The summed E-state index contributed by atoms with van der Waals surface area (Å²) in [5.41, 5.74) is 0. The molecule has 0 saturated carbocycles. The van der Waals surface area contributed by atoms with Gasteiger partial charge >= 0.3 is 0 Å². The molecule has 0 atom stereocenters. The first-order valence-electron chi connectivity index (χ1n) is 4.01. The zero-order valence-corrected chi connectivity index (χ0v) is 8.23. The predicted molar refractivity (Wildman–Crippen MR) is 48.3 cm³/mol. The van der Waals surface area contributed by atoms with Crippen molar-refractivity contribution in [1.82, 2.24) is 4.90 Å². The topological polar surface area (TPSA) is 37.4 Å². The van der Waals surface area contributed by atoms with Crippen LogP contribution in [0.4, 0.5) is 0 Å². The summed E-state index contributed by atoms with van der Waals surface area (Å²) in [5, 5.41) is 0. The van der Waals surface area contributed by atoms with E-state index in [1.165, 1.54) is 0 Å². The Labute approximate surface area is 77.7 Å². The second-order valence-corrected chi connectivity index (χ2v) is 2.68. The number of carbonyl (C=O) groups excluding carboxylic acids is 2. The fourth-order valence-electron chi connectivity index (χ4n) is 0.904. The number of Topliss-reactive ketones (excluding diaryl/α,β-unsaturated/α-hetero) is 1. The molecule has 0 bridgehead atoms. The average molecular weight is 192 g/mol. The lowest BCUT2D eigenvalue weighted by atomic mass is 10.3. The van der Waals surface area contributed by atoms with E-state index in [9.17, 15) is 9.59 Å². The van der Waals surface area contributed by atoms with Gasteiger partial charge in [-0.2, -0.15) is 0 Å². The monoisotopic (exact) mass is 191 g/mol. The minimum atomic E-state index is -0.214. The van der Waals surface area contributed by atoms with Gasteiger partial charge in [-0.3, -0.25) is 9.59 Å². The molecule has 0 aliphatic heterocycles. The number of amides is 1. The zero-order chi connectivity index (χ0) is 9.56. The van der Waals surface area contributed by atoms with E-state index in [0.717, 1.165) is 0 Å². The van der Waals surface area contributed by atoms with E-state index < -0.39 is 0 Å². The molecule has 0 heterocycles. The number of rotatable bonds is 5. The average Bonchev–Trinajstić information content (AvgIpc) is 2.06. The second kappa shape index (κ2) is 6.00. The number of hydrogen-bond donors (Lipinski definition) is 0. The van der Waals surface area contributed by atoms with Gasteiger partial charge in [0.25, 0.3) is 0 Å². The van der Waals surface area contributed by atoms with E-state index in [1.807, 2.05) is 13.8 Å². The highest BCUT2D eigenvalue weighted by molar-refractivity contribution is 6.29. The predicted octanol–water partition coefficient (Wildman–Crippen LogP) is 1.05. The van der Waals surface area contributed by atoms with Crippen LogP contribution in [0.3, 0.4) is 0 Å². The molecule has 0 saturated heterocycles. The number of hydrogen-bond acceptors (Lipinski definition) is 2. The van der Waals surface area contributed by atoms with Crippen molar-refractivity contribution in [2.75, 3.05) is 19.0 Å². The highest BCUT2D eigenvalue weighted by Crippen LogP contribution is 1.95. The molecule has 0 aromatic carbocycles. The fraction of sp³-hybridized carbons (Fsp3) is 0.750. The van der Waals surface area contributed by atoms with Gasteiger partial charge in [0, 0.05) is 13.1 Å². The summed E-state index contributed by atoms with van der Waals surface area (Å²) in [4.78, 5) is 23.6. The molecule has 0 aromatic rings. The Morgan fingerprint density at radius 2 is 1.75 bits per heavy atom. The Kier molecular flexibility index (Phi) is 5.72. The van der Waals surface area contributed by atoms with Crippen molar-refractivity contribution in [3.05, 3.63) is 0 Å². The van der Waals surface area contributed by atoms with Crippen LogP contribution in [-0.4, -0.2) is 35.6 Å². The number of ketones is 1. The fourth-order valence-corrected chi connectivity index (χ4v) is 0.999. The Morgan fingerprint density at radius 3 is 2.08 bits per heavy atom. The third-order valence-electron chi connectivity index (χ3n) is 1.61. The first kappa shape index (κ1) is 11.4. The minimum absolute atomic E-state index is 0.0643. The molecule has 0 fully saturated rings. The Morgan fingerprint density at radius 1 is 1.25 bits per heavy atom. The van der Waals surface area contributed by atoms with E-state index >= 15 is 0 Å². The van der Waals surface area contributed by atoms with Crippen LogP contribution in [0.1, 0.15) is 20.3 Å². The maximum absolute atomic E-state index is 11.2. The third kappa shape index (κ3) is 3.72. The molecule has 1 amide bonds. The SMILES string of the molecule is CCN(CC)C(=O)CC(=O)CCl. The summed E-state index contributed by atoms with van der Waals surface area (Å²) in [6, 6.07) is 0. The molecule has 0 aromatic heterocycles. The number of alkyl halides is 1. The standard InChI is InChI=1S/C8H14ClNO2/c1-3-10(4-2)8(12)5-7(11)6-9/h3-6H2,1-2H3. The quantitative estimate of drug-likeness (QED) is 0.481. The molecule has 0 aliphatic carbocycles. The van der Waals surface area contributed by atoms with Crippen LogP contribution in [0.25, 0.3) is 0 Å². The molecule has 0 aliphatic rings. The van der Waals surface area contributed by atoms with Gasteiger partial charge in [-0.1, -0.05) is 0 Å². The van der Waals surface area contributed by atoms with Gasteiger partial charge < -0.3 is 4.90 Å². The van der Waals surface area contributed by atoms with Crippen molar-refractivity contribution in [3.63, 3.8) is 0 Å². The molecule has 0 spiro atoms. The van der Waals surface area contributed by atoms with Crippen molar-refractivity contribution in [3.8, 4) is 0 Å². The van der Waals surface area contributed by atoms with Crippen molar-refractivity contribution in [2.24, 2.45) is 0 Å². The lowest BCUT2D eigenvalue weighted by molar-refractivity contribution is -0.134. The van der Waals surface area contributed by atoms with Crippen LogP contribution in [0.15, 0.2) is 0 Å². The maximum atomic E-state index is 11.2. The molecular formula is C8H14ClNO2. The molecule has 0 rings (SSSR count). The van der Waals surface area contributed by atoms with E-state index in [-0.39, 0.29) is 24.0 Å². The van der Waals surface area contributed by atoms with Gasteiger partial charge in [0.2, 0.25) is 5.91 Å². The Balaban J connectivity index is 3.92. The van der Waals surface area contributed by atoms with Gasteiger partial charge in [-0.05, 0) is 13.8 Å². The van der Waals surface area contributed by atoms with Crippen molar-refractivity contribution in [2.45, 2.75) is 20.3 Å². The second-order valence-electron chi connectivity index (χ2n) is 2.42. The lowest BCUT2D eigenvalue weighted by Crippen LogP contribution is -2.32. The van der Waals surface area contributed by atoms with Crippen LogP contribution in [0.5, 0.6) is 0 Å². The number of halogens is 1. The summed E-state index contributed by atoms with van der Waals surface area (Å²) >= 11 is 5.27. The van der Waals surface area contributed by atoms with Gasteiger partial charge in [-0.15, -0.1) is 11.6 Å². The normalized spacial score (nSPS) is 9.58. The first-order chi connectivity index (χ1) is 5.65. The Hall–Kier alpha value is -0.570. The third-order valence-corrected chi connectivity index (χ3v) is 1.91. The summed E-state index contributed by atoms with van der Waals surface area (Å²) < 4.78 is 0. The van der Waals surface area contributed by atoms with Gasteiger partial charge in [-0.25, -0.2) is 0 Å². The highest BCUT2D eigenvalue weighted by Gasteiger charge is 2.12. The highest BCUT2D eigenvalue weighted by atomic mass is 35.5. The van der Waals surface area contributed by atoms with E-state index in [0.29, 0.717) is 13.1 Å². The summed E-state index contributed by atoms with van der Waals surface area (Å²) in [6.07, 6.45) is -0.0643. The maximum Gasteiger partial charge on any atom is 0.230 e. The zero-order valence-electron chi connectivity index (χ0n) is 7.47. The van der Waals surface area contributed by atoms with Gasteiger partial charge in [0.05, 0.1) is 12.3 Å². The minimum Gasteiger partial charge on any atom is -0.343 e. The van der Waals surface area contributed by atoms with E-state index in [2.05, 4.69) is 0 Å². The van der Waals surface area contributed by atoms with E-state index in [1.54, 1.807) is 4.90 Å². The molecule has 70 valence electrons. The summed E-state index contributed by atoms with van der Waals surface area (Å²) in [6.45, 7) is 5.05. The molecule has 0 radical (unpaired) electrons. The Bertz CT molecular complexity index is 166. The molecular weight excluding hydrogens is 178 g/mol. The van der Waals surface area contributed by atoms with Gasteiger partial charge in [0.15, 0.2) is 5.78 Å². The van der Waals surface area contributed by atoms with Crippen LogP contribution in [0.2, 0.25) is 0 Å². The van der Waals surface area contributed by atoms with Crippen molar-refractivity contribution in [1.29, 1.82) is 0 Å². The van der Waals surface area contributed by atoms with Crippen LogP contribution < -0.4 is 0 Å². The molecule has 0 unspecified atom stereocenters. The molecule has 4 heteroatoms. The lowest BCUT2D eigenvalue weighted by Gasteiger charge is -2.17. The van der Waals surface area contributed by atoms with Crippen molar-refractivity contribution >= 4 is 23.3 Å². The van der Waals surface area contributed by atoms with E-state index in [4.69, 9.17) is 11.6 Å². The first-order valence-corrected chi connectivity index (χ1v) is 4.54. The smallest absolute Gasteiger partial charge is 0.230 e. The molecule has 3 nitrogen and oxygen atoms in total. The number of carbonyl (C=O) groups is 2. The van der Waals surface area contributed by atoms with Crippen molar-refractivity contribution < 1.29 is 9.59 Å². The van der Waals surface area contributed by atoms with Crippen LogP contribution >= 0.6 is 11.6 Å². The summed E-state index contributed by atoms with van der Waals surface area (Å²) in [5.74, 6) is -0.424.